The van der Waals surface area contributed by atoms with Crippen LogP contribution in [-0.4, -0.2) is 53.1 Å². The van der Waals surface area contributed by atoms with E-state index in [1.165, 1.54) is 5.56 Å². The molecule has 1 N–H and O–H groups in total. The molecule has 5 rings (SSSR count). The molecule has 0 radical (unpaired) electrons. The molecule has 162 valence electrons. The molecule has 0 spiro atoms. The van der Waals surface area contributed by atoms with E-state index in [-0.39, 0.29) is 11.8 Å². The van der Waals surface area contributed by atoms with Crippen LogP contribution in [0.5, 0.6) is 0 Å². The van der Waals surface area contributed by atoms with E-state index in [1.807, 2.05) is 24.3 Å². The van der Waals surface area contributed by atoms with Crippen molar-refractivity contribution in [2.24, 2.45) is 11.8 Å². The first-order valence-electron chi connectivity index (χ1n) is 11.4. The molecule has 1 aromatic carbocycles. The topological polar surface area (TPSA) is 78.4 Å². The minimum Gasteiger partial charge on any atom is -0.354 e. The van der Waals surface area contributed by atoms with Crippen LogP contribution in [0.1, 0.15) is 43.6 Å². The van der Waals surface area contributed by atoms with Crippen molar-refractivity contribution in [1.29, 1.82) is 0 Å². The molecule has 2 aliphatic heterocycles. The van der Waals surface area contributed by atoms with E-state index in [0.717, 1.165) is 63.2 Å². The molecular formula is C24H29N5O2. The van der Waals surface area contributed by atoms with E-state index in [4.69, 9.17) is 0 Å². The zero-order valence-electron chi connectivity index (χ0n) is 17.7. The second-order valence-electron chi connectivity index (χ2n) is 9.00. The third-order valence-corrected chi connectivity index (χ3v) is 6.82. The van der Waals surface area contributed by atoms with Gasteiger partial charge in [-0.2, -0.15) is 5.10 Å². The van der Waals surface area contributed by atoms with Gasteiger partial charge in [-0.25, -0.2) is 0 Å². The number of aromatic nitrogens is 2. The Balaban J connectivity index is 1.12. The summed E-state index contributed by atoms with van der Waals surface area (Å²) in [6.45, 7) is 3.21. The number of amides is 2. The minimum absolute atomic E-state index is 0.0463. The molecule has 1 saturated carbocycles. The van der Waals surface area contributed by atoms with Crippen molar-refractivity contribution in [2.45, 2.75) is 38.0 Å². The minimum atomic E-state index is -0.0463. The zero-order chi connectivity index (χ0) is 21.2. The van der Waals surface area contributed by atoms with E-state index in [0.29, 0.717) is 24.3 Å². The summed E-state index contributed by atoms with van der Waals surface area (Å²) >= 11 is 0. The van der Waals surface area contributed by atoms with Gasteiger partial charge in [0.2, 0.25) is 11.8 Å². The summed E-state index contributed by atoms with van der Waals surface area (Å²) in [6, 6.07) is 12.1. The van der Waals surface area contributed by atoms with E-state index in [1.54, 1.807) is 6.20 Å². The highest BCUT2D eigenvalue weighted by Crippen LogP contribution is 2.34. The number of nitrogens with zero attached hydrogens (tertiary/aromatic N) is 4. The molecule has 2 amide bonds. The van der Waals surface area contributed by atoms with Crippen LogP contribution in [0.2, 0.25) is 0 Å². The molecule has 7 heteroatoms. The van der Waals surface area contributed by atoms with Crippen molar-refractivity contribution in [3.63, 3.8) is 0 Å². The molecule has 3 heterocycles. The van der Waals surface area contributed by atoms with E-state index >= 15 is 0 Å². The van der Waals surface area contributed by atoms with Gasteiger partial charge in [-0.15, -0.1) is 5.10 Å². The summed E-state index contributed by atoms with van der Waals surface area (Å²) in [6.07, 6.45) is 6.66. The maximum atomic E-state index is 12.7. The number of rotatable bonds is 5. The maximum Gasteiger partial charge on any atom is 0.229 e. The van der Waals surface area contributed by atoms with Crippen molar-refractivity contribution in [3.05, 3.63) is 48.2 Å². The van der Waals surface area contributed by atoms with Crippen molar-refractivity contribution >= 4 is 23.3 Å². The van der Waals surface area contributed by atoms with Gasteiger partial charge in [-0.05, 0) is 67.9 Å². The Morgan fingerprint density at radius 1 is 0.903 bits per heavy atom. The largest absolute Gasteiger partial charge is 0.354 e. The van der Waals surface area contributed by atoms with Gasteiger partial charge < -0.3 is 15.1 Å². The Hall–Kier alpha value is -2.96. The lowest BCUT2D eigenvalue weighted by molar-refractivity contribution is -0.133. The number of hydrogen-bond donors (Lipinski definition) is 1. The SMILES string of the molecule is O=C(Nc1ccc(C2CCN(C(=O)C3CC3)CC2)cc1)C1CCN(c2cccnn2)C1. The number of benzene rings is 1. The fourth-order valence-electron chi connectivity index (χ4n) is 4.75. The third-order valence-electron chi connectivity index (χ3n) is 6.82. The van der Waals surface area contributed by atoms with Crippen molar-refractivity contribution in [2.75, 3.05) is 36.4 Å². The van der Waals surface area contributed by atoms with Crippen LogP contribution in [-0.2, 0) is 9.59 Å². The summed E-state index contributed by atoms with van der Waals surface area (Å²) in [5, 5.41) is 11.1. The van der Waals surface area contributed by atoms with Gasteiger partial charge in [0.25, 0.3) is 0 Å². The highest BCUT2D eigenvalue weighted by Gasteiger charge is 2.35. The highest BCUT2D eigenvalue weighted by atomic mass is 16.2. The lowest BCUT2D eigenvalue weighted by Gasteiger charge is -2.32. The van der Waals surface area contributed by atoms with Crippen molar-refractivity contribution < 1.29 is 9.59 Å². The molecule has 1 aliphatic carbocycles. The standard InChI is InChI=1S/C24H29N5O2/c30-23(20-11-15-29(16-20)22-2-1-12-25-27-22)26-21-7-5-17(6-8-21)18-9-13-28(14-10-18)24(31)19-3-4-19/h1-2,5-8,12,18-20H,3-4,9-11,13-16H2,(H,26,30). The molecular weight excluding hydrogens is 390 g/mol. The lowest BCUT2D eigenvalue weighted by Crippen LogP contribution is -2.38. The first-order valence-corrected chi connectivity index (χ1v) is 11.4. The molecule has 0 bridgehead atoms. The number of piperidine rings is 1. The van der Waals surface area contributed by atoms with E-state index < -0.39 is 0 Å². The zero-order valence-corrected chi connectivity index (χ0v) is 17.7. The lowest BCUT2D eigenvalue weighted by atomic mass is 9.89. The summed E-state index contributed by atoms with van der Waals surface area (Å²) in [7, 11) is 0. The fraction of sp³-hybridized carbons (Fsp3) is 0.500. The molecule has 2 saturated heterocycles. The molecule has 31 heavy (non-hydrogen) atoms. The Morgan fingerprint density at radius 2 is 1.68 bits per heavy atom. The molecule has 3 fully saturated rings. The predicted molar refractivity (Wildman–Crippen MR) is 119 cm³/mol. The number of nitrogens with one attached hydrogen (secondary N) is 1. The number of carbonyl (C=O) groups excluding carboxylic acids is 2. The van der Waals surface area contributed by atoms with Crippen molar-refractivity contribution in [1.82, 2.24) is 15.1 Å². The van der Waals surface area contributed by atoms with Gasteiger partial charge >= 0.3 is 0 Å². The summed E-state index contributed by atoms with van der Waals surface area (Å²) in [5.74, 6) is 2.00. The van der Waals surface area contributed by atoms with E-state index in [2.05, 4.69) is 37.4 Å². The Labute approximate surface area is 182 Å². The first kappa shape index (κ1) is 20.0. The monoisotopic (exact) mass is 419 g/mol. The van der Waals surface area contributed by atoms with Crippen molar-refractivity contribution in [3.8, 4) is 0 Å². The van der Waals surface area contributed by atoms with Gasteiger partial charge in [-0.1, -0.05) is 12.1 Å². The average Bonchev–Trinajstić information content (AvgIpc) is 3.55. The average molecular weight is 420 g/mol. The molecule has 1 unspecified atom stereocenters. The molecule has 1 aromatic heterocycles. The van der Waals surface area contributed by atoms with Gasteiger partial charge in [0.15, 0.2) is 5.82 Å². The molecule has 7 nitrogen and oxygen atoms in total. The number of carbonyl (C=O) groups is 2. The van der Waals surface area contributed by atoms with Crippen LogP contribution in [0.3, 0.4) is 0 Å². The Morgan fingerprint density at radius 3 is 2.35 bits per heavy atom. The van der Waals surface area contributed by atoms with Crippen LogP contribution in [0, 0.1) is 11.8 Å². The van der Waals surface area contributed by atoms with Crippen LogP contribution >= 0.6 is 0 Å². The molecule has 1 atom stereocenters. The Bertz CT molecular complexity index is 921. The summed E-state index contributed by atoms with van der Waals surface area (Å²) in [4.78, 5) is 29.1. The maximum absolute atomic E-state index is 12.7. The highest BCUT2D eigenvalue weighted by molar-refractivity contribution is 5.93. The summed E-state index contributed by atoms with van der Waals surface area (Å²) in [5.41, 5.74) is 2.14. The first-order chi connectivity index (χ1) is 15.2. The van der Waals surface area contributed by atoms with Crippen LogP contribution in [0.25, 0.3) is 0 Å². The number of anilines is 2. The van der Waals surface area contributed by atoms with E-state index in [9.17, 15) is 9.59 Å². The summed E-state index contributed by atoms with van der Waals surface area (Å²) < 4.78 is 0. The smallest absolute Gasteiger partial charge is 0.229 e. The third kappa shape index (κ3) is 4.55. The van der Waals surface area contributed by atoms with Gasteiger partial charge in [0.1, 0.15) is 0 Å². The van der Waals surface area contributed by atoms with Crippen LogP contribution < -0.4 is 10.2 Å². The Kier molecular flexibility index (Phi) is 5.57. The van der Waals surface area contributed by atoms with Gasteiger partial charge in [0.05, 0.1) is 5.92 Å². The second-order valence-corrected chi connectivity index (χ2v) is 9.00. The van der Waals surface area contributed by atoms with Crippen LogP contribution in [0.4, 0.5) is 11.5 Å². The van der Waals surface area contributed by atoms with Gasteiger partial charge in [0, 0.05) is 44.0 Å². The fourth-order valence-corrected chi connectivity index (χ4v) is 4.75. The quantitative estimate of drug-likeness (QED) is 0.806. The molecule has 2 aromatic rings. The predicted octanol–water partition coefficient (Wildman–Crippen LogP) is 3.06. The van der Waals surface area contributed by atoms with Crippen LogP contribution in [0.15, 0.2) is 42.6 Å². The van der Waals surface area contributed by atoms with Gasteiger partial charge in [-0.3, -0.25) is 9.59 Å². The normalized spacial score (nSPS) is 21.9. The number of likely N-dealkylation sites (tertiary alicyclic amines) is 1. The molecule has 3 aliphatic rings. The number of hydrogen-bond acceptors (Lipinski definition) is 5. The second kappa shape index (κ2) is 8.65.